The number of amides is 1. The Morgan fingerprint density at radius 2 is 1.96 bits per heavy atom. The summed E-state index contributed by atoms with van der Waals surface area (Å²) in [6.45, 7) is 5.37. The maximum atomic E-state index is 13.0. The number of hydrogen-bond donors (Lipinski definition) is 2. The first-order chi connectivity index (χ1) is 12.0. The van der Waals surface area contributed by atoms with Gasteiger partial charge in [-0.3, -0.25) is 4.79 Å². The van der Waals surface area contributed by atoms with E-state index in [0.29, 0.717) is 6.54 Å². The van der Waals surface area contributed by atoms with Gasteiger partial charge in [0.15, 0.2) is 0 Å². The molecule has 2 aromatic rings. The van der Waals surface area contributed by atoms with Gasteiger partial charge in [-0.1, -0.05) is 56.3 Å². The largest absolute Gasteiger partial charge is 0.377 e. The third kappa shape index (κ3) is 2.63. The topological polar surface area (TPSA) is 64.3 Å². The van der Waals surface area contributed by atoms with Gasteiger partial charge in [0.1, 0.15) is 5.54 Å². The Balaban J connectivity index is 0.00000196. The fourth-order valence-corrected chi connectivity index (χ4v) is 4.81. The van der Waals surface area contributed by atoms with E-state index in [1.165, 1.54) is 10.8 Å². The van der Waals surface area contributed by atoms with Gasteiger partial charge in [0.25, 0.3) is 0 Å². The van der Waals surface area contributed by atoms with E-state index in [1.807, 2.05) is 18.2 Å². The first-order valence-electron chi connectivity index (χ1n) is 9.11. The Kier molecular flexibility index (Phi) is 5.04. The van der Waals surface area contributed by atoms with Gasteiger partial charge in [-0.25, -0.2) is 0 Å². The molecule has 1 amide bonds. The first-order valence-corrected chi connectivity index (χ1v) is 9.11. The fraction of sp³-hybridized carbons (Fsp3) is 0.476. The highest BCUT2D eigenvalue weighted by Crippen LogP contribution is 2.57. The van der Waals surface area contributed by atoms with Gasteiger partial charge in [0, 0.05) is 24.5 Å². The number of hydrogen-bond acceptors (Lipinski definition) is 3. The van der Waals surface area contributed by atoms with Crippen LogP contribution in [0.4, 0.5) is 0 Å². The number of carbonyl (C=O) groups excluding carboxylic acids is 1. The van der Waals surface area contributed by atoms with Crippen LogP contribution in [0.3, 0.4) is 0 Å². The summed E-state index contributed by atoms with van der Waals surface area (Å²) >= 11 is 0. The molecule has 0 aromatic heterocycles. The van der Waals surface area contributed by atoms with E-state index in [-0.39, 0.29) is 35.8 Å². The van der Waals surface area contributed by atoms with Crippen molar-refractivity contribution in [3.05, 3.63) is 48.0 Å². The van der Waals surface area contributed by atoms with Gasteiger partial charge >= 0.3 is 0 Å². The summed E-state index contributed by atoms with van der Waals surface area (Å²) in [7, 11) is 0. The second-order valence-corrected chi connectivity index (χ2v) is 7.95. The lowest BCUT2D eigenvalue weighted by molar-refractivity contribution is -0.225. The van der Waals surface area contributed by atoms with Crippen LogP contribution in [0.5, 0.6) is 0 Å². The van der Waals surface area contributed by atoms with Crippen molar-refractivity contribution < 1.29 is 9.53 Å². The van der Waals surface area contributed by atoms with Crippen LogP contribution in [0, 0.1) is 11.3 Å². The lowest BCUT2D eigenvalue weighted by Crippen LogP contribution is -2.82. The van der Waals surface area contributed by atoms with Crippen molar-refractivity contribution in [3.8, 4) is 0 Å². The normalized spacial score (nSPS) is 29.2. The highest BCUT2D eigenvalue weighted by Gasteiger charge is 2.70. The lowest BCUT2D eigenvalue weighted by atomic mass is 9.46. The second kappa shape index (κ2) is 6.84. The molecule has 5 heteroatoms. The zero-order valence-electron chi connectivity index (χ0n) is 15.3. The standard InChI is InChI=1S/C21H26N2O2.ClH/c1-20(2)18-17(11-6-12-25-18)21(20,22)19(24)23-13-15-9-5-8-14-7-3-4-10-16(14)15;/h3-5,7-10,17-18H,6,11-13,22H2,1-2H3,(H,23,24);1H. The van der Waals surface area contributed by atoms with Crippen LogP contribution in [0.2, 0.25) is 0 Å². The monoisotopic (exact) mass is 374 g/mol. The summed E-state index contributed by atoms with van der Waals surface area (Å²) in [4.78, 5) is 13.0. The molecule has 4 rings (SSSR count). The Morgan fingerprint density at radius 1 is 1.23 bits per heavy atom. The molecule has 1 aliphatic heterocycles. The van der Waals surface area contributed by atoms with E-state index in [0.717, 1.165) is 25.0 Å². The molecule has 140 valence electrons. The molecular weight excluding hydrogens is 348 g/mol. The highest BCUT2D eigenvalue weighted by molar-refractivity contribution is 5.90. The molecule has 3 unspecified atom stereocenters. The number of fused-ring (bicyclic) bond motifs is 2. The molecular formula is C21H27ClN2O2. The zero-order valence-corrected chi connectivity index (χ0v) is 16.1. The minimum absolute atomic E-state index is 0. The maximum Gasteiger partial charge on any atom is 0.241 e. The highest BCUT2D eigenvalue weighted by atomic mass is 35.5. The van der Waals surface area contributed by atoms with Gasteiger partial charge in [-0.2, -0.15) is 0 Å². The molecule has 0 radical (unpaired) electrons. The van der Waals surface area contributed by atoms with Gasteiger partial charge in [0.05, 0.1) is 6.10 Å². The Labute approximate surface area is 160 Å². The predicted octanol–water partition coefficient (Wildman–Crippen LogP) is 3.41. The van der Waals surface area contributed by atoms with Crippen molar-refractivity contribution in [2.24, 2.45) is 17.1 Å². The number of nitrogens with one attached hydrogen (secondary N) is 1. The summed E-state index contributed by atoms with van der Waals surface area (Å²) in [5, 5.41) is 5.45. The molecule has 1 saturated heterocycles. The molecule has 1 saturated carbocycles. The smallest absolute Gasteiger partial charge is 0.241 e. The first kappa shape index (κ1) is 19.2. The third-order valence-electron chi connectivity index (χ3n) is 6.38. The molecule has 0 spiro atoms. The van der Waals surface area contributed by atoms with E-state index in [4.69, 9.17) is 10.5 Å². The average molecular weight is 375 g/mol. The van der Waals surface area contributed by atoms with Crippen LogP contribution >= 0.6 is 12.4 Å². The predicted molar refractivity (Wildman–Crippen MR) is 106 cm³/mol. The minimum atomic E-state index is -0.858. The molecule has 26 heavy (non-hydrogen) atoms. The van der Waals surface area contributed by atoms with E-state index in [1.54, 1.807) is 0 Å². The van der Waals surface area contributed by atoms with E-state index >= 15 is 0 Å². The number of rotatable bonds is 3. The van der Waals surface area contributed by atoms with Crippen LogP contribution in [-0.4, -0.2) is 24.2 Å². The molecule has 3 N–H and O–H groups in total. The number of carbonyl (C=O) groups is 1. The van der Waals surface area contributed by atoms with Gasteiger partial charge < -0.3 is 15.8 Å². The van der Waals surface area contributed by atoms with Crippen molar-refractivity contribution in [2.75, 3.05) is 6.61 Å². The zero-order chi connectivity index (χ0) is 17.7. The Morgan fingerprint density at radius 3 is 2.77 bits per heavy atom. The van der Waals surface area contributed by atoms with Gasteiger partial charge in [0.2, 0.25) is 5.91 Å². The third-order valence-corrected chi connectivity index (χ3v) is 6.38. The summed E-state index contributed by atoms with van der Waals surface area (Å²) in [5.41, 5.74) is 6.57. The average Bonchev–Trinajstić information content (AvgIpc) is 2.65. The lowest BCUT2D eigenvalue weighted by Gasteiger charge is -2.65. The minimum Gasteiger partial charge on any atom is -0.377 e. The van der Waals surface area contributed by atoms with Crippen molar-refractivity contribution in [1.82, 2.24) is 5.32 Å². The molecule has 2 fully saturated rings. The van der Waals surface area contributed by atoms with Crippen molar-refractivity contribution >= 4 is 29.1 Å². The Hall–Kier alpha value is -1.62. The van der Waals surface area contributed by atoms with Crippen molar-refractivity contribution in [2.45, 2.75) is 44.9 Å². The summed E-state index contributed by atoms with van der Waals surface area (Å²) in [6, 6.07) is 14.4. The molecule has 4 nitrogen and oxygen atoms in total. The number of nitrogens with two attached hydrogens (primary N) is 1. The van der Waals surface area contributed by atoms with Gasteiger partial charge in [-0.15, -0.1) is 12.4 Å². The number of benzene rings is 2. The fourth-order valence-electron chi connectivity index (χ4n) is 4.81. The van der Waals surface area contributed by atoms with Crippen LogP contribution in [-0.2, 0) is 16.1 Å². The SMILES string of the molecule is CC1(C)C2OCCCC2C1(N)C(=O)NCc1cccc2ccccc12.Cl. The number of ether oxygens (including phenoxy) is 1. The summed E-state index contributed by atoms with van der Waals surface area (Å²) in [6.07, 6.45) is 2.04. The Bertz CT molecular complexity index is 817. The van der Waals surface area contributed by atoms with Crippen molar-refractivity contribution in [3.63, 3.8) is 0 Å². The summed E-state index contributed by atoms with van der Waals surface area (Å²) < 4.78 is 5.90. The molecule has 3 atom stereocenters. The van der Waals surface area contributed by atoms with Crippen LogP contribution in [0.25, 0.3) is 10.8 Å². The molecule has 2 aliphatic rings. The van der Waals surface area contributed by atoms with Crippen molar-refractivity contribution in [1.29, 1.82) is 0 Å². The second-order valence-electron chi connectivity index (χ2n) is 7.95. The molecule has 1 aliphatic carbocycles. The number of halogens is 1. The van der Waals surface area contributed by atoms with Gasteiger partial charge in [-0.05, 0) is 29.2 Å². The molecule has 2 aromatic carbocycles. The van der Waals surface area contributed by atoms with E-state index in [2.05, 4.69) is 43.4 Å². The maximum absolute atomic E-state index is 13.0. The quantitative estimate of drug-likeness (QED) is 0.865. The van der Waals surface area contributed by atoms with Crippen LogP contribution < -0.4 is 11.1 Å². The van der Waals surface area contributed by atoms with E-state index in [9.17, 15) is 4.79 Å². The van der Waals surface area contributed by atoms with E-state index < -0.39 is 5.54 Å². The molecule has 0 bridgehead atoms. The summed E-state index contributed by atoms with van der Waals surface area (Å²) in [5.74, 6) is 0.0564. The van der Waals surface area contributed by atoms with Crippen LogP contribution in [0.15, 0.2) is 42.5 Å². The molecule has 1 heterocycles. The van der Waals surface area contributed by atoms with Crippen LogP contribution in [0.1, 0.15) is 32.3 Å².